The summed E-state index contributed by atoms with van der Waals surface area (Å²) in [5.41, 5.74) is 3.61. The zero-order valence-corrected chi connectivity index (χ0v) is 22.3. The van der Waals surface area contributed by atoms with Crippen LogP contribution in [0.1, 0.15) is 41.5 Å². The normalized spacial score (nSPS) is 21.7. The standard InChI is InChI=1S/C32H40N2O5/c35-19-9-3-8-18-33-28(20-24-10-4-1-5-11-24)30(37)31(38)29(21-25-12-6-2-7-13-25)34(32(33)39)22-26-14-16-27(23-36)17-15-26/h1-2,4-7,10-17,28-31,35-38H,3,8-9,18-23H2/t28-,29-,30+,31+/m1/s1. The van der Waals surface area contributed by atoms with Crippen molar-refractivity contribution in [2.75, 3.05) is 13.2 Å². The summed E-state index contributed by atoms with van der Waals surface area (Å²) in [6.45, 7) is 0.709. The van der Waals surface area contributed by atoms with E-state index in [-0.39, 0.29) is 25.8 Å². The molecule has 39 heavy (non-hydrogen) atoms. The van der Waals surface area contributed by atoms with Gasteiger partial charge < -0.3 is 30.2 Å². The third kappa shape index (κ3) is 7.46. The number of nitrogens with zero attached hydrogens (tertiary/aromatic N) is 2. The summed E-state index contributed by atoms with van der Waals surface area (Å²) in [5.74, 6) is 0. The molecule has 3 aromatic rings. The first-order valence-electron chi connectivity index (χ1n) is 13.8. The van der Waals surface area contributed by atoms with Gasteiger partial charge in [0.2, 0.25) is 0 Å². The minimum Gasteiger partial charge on any atom is -0.396 e. The first kappa shape index (κ1) is 28.8. The van der Waals surface area contributed by atoms with Gasteiger partial charge in [0.15, 0.2) is 0 Å². The summed E-state index contributed by atoms with van der Waals surface area (Å²) >= 11 is 0. The van der Waals surface area contributed by atoms with Gasteiger partial charge in [0.1, 0.15) is 12.2 Å². The van der Waals surface area contributed by atoms with E-state index in [0.717, 1.165) is 28.7 Å². The molecule has 1 saturated heterocycles. The van der Waals surface area contributed by atoms with Gasteiger partial charge >= 0.3 is 6.03 Å². The summed E-state index contributed by atoms with van der Waals surface area (Å²) in [6, 6.07) is 25.4. The largest absolute Gasteiger partial charge is 0.396 e. The number of benzene rings is 3. The molecule has 1 aliphatic heterocycles. The van der Waals surface area contributed by atoms with Gasteiger partial charge in [-0.15, -0.1) is 0 Å². The second kappa shape index (κ2) is 14.2. The monoisotopic (exact) mass is 532 g/mol. The van der Waals surface area contributed by atoms with Gasteiger partial charge in [-0.1, -0.05) is 84.9 Å². The van der Waals surface area contributed by atoms with Crippen molar-refractivity contribution in [3.05, 3.63) is 107 Å². The third-order valence-corrected chi connectivity index (χ3v) is 7.62. The van der Waals surface area contributed by atoms with Gasteiger partial charge in [0.05, 0.1) is 18.7 Å². The molecule has 0 bridgehead atoms. The third-order valence-electron chi connectivity index (χ3n) is 7.62. The zero-order valence-electron chi connectivity index (χ0n) is 22.3. The highest BCUT2D eigenvalue weighted by molar-refractivity contribution is 5.76. The van der Waals surface area contributed by atoms with Crippen molar-refractivity contribution < 1.29 is 25.2 Å². The van der Waals surface area contributed by atoms with Crippen LogP contribution in [0.15, 0.2) is 84.9 Å². The number of amides is 2. The molecule has 4 N–H and O–H groups in total. The van der Waals surface area contributed by atoms with Gasteiger partial charge in [0.25, 0.3) is 0 Å². The molecular formula is C32H40N2O5. The van der Waals surface area contributed by atoms with E-state index in [9.17, 15) is 25.2 Å². The quantitative estimate of drug-likeness (QED) is 0.267. The fourth-order valence-electron chi connectivity index (χ4n) is 5.41. The maximum atomic E-state index is 14.4. The molecule has 2 amide bonds. The van der Waals surface area contributed by atoms with Crippen LogP contribution in [0.4, 0.5) is 4.79 Å². The maximum absolute atomic E-state index is 14.4. The smallest absolute Gasteiger partial charge is 0.321 e. The summed E-state index contributed by atoms with van der Waals surface area (Å²) in [5, 5.41) is 42.0. The molecule has 0 aliphatic carbocycles. The molecule has 4 atom stereocenters. The first-order valence-corrected chi connectivity index (χ1v) is 13.8. The van der Waals surface area contributed by atoms with E-state index in [2.05, 4.69) is 0 Å². The highest BCUT2D eigenvalue weighted by Crippen LogP contribution is 2.29. The van der Waals surface area contributed by atoms with Crippen molar-refractivity contribution >= 4 is 6.03 Å². The lowest BCUT2D eigenvalue weighted by Gasteiger charge is -2.36. The number of unbranched alkanes of at least 4 members (excludes halogenated alkanes) is 2. The molecule has 4 rings (SSSR count). The van der Waals surface area contributed by atoms with E-state index in [4.69, 9.17) is 0 Å². The predicted molar refractivity (Wildman–Crippen MR) is 151 cm³/mol. The van der Waals surface area contributed by atoms with Crippen LogP contribution in [-0.4, -0.2) is 73.7 Å². The average molecular weight is 533 g/mol. The number of carbonyl (C=O) groups is 1. The number of hydrogen-bond acceptors (Lipinski definition) is 5. The van der Waals surface area contributed by atoms with Gasteiger partial charge in [-0.05, 0) is 54.4 Å². The zero-order chi connectivity index (χ0) is 27.6. The summed E-state index contributed by atoms with van der Waals surface area (Å²) in [6.07, 6.45) is 0.589. The average Bonchev–Trinajstić information content (AvgIpc) is 3.03. The Balaban J connectivity index is 1.72. The van der Waals surface area contributed by atoms with Crippen LogP contribution in [0, 0.1) is 0 Å². The van der Waals surface area contributed by atoms with Crippen LogP contribution in [0.25, 0.3) is 0 Å². The van der Waals surface area contributed by atoms with Gasteiger partial charge in [-0.2, -0.15) is 0 Å². The number of carbonyl (C=O) groups excluding carboxylic acids is 1. The minimum absolute atomic E-state index is 0.0623. The van der Waals surface area contributed by atoms with Crippen molar-refractivity contribution in [2.45, 2.75) is 69.5 Å². The van der Waals surface area contributed by atoms with Gasteiger partial charge in [0, 0.05) is 19.7 Å². The Morgan fingerprint density at radius 1 is 0.590 bits per heavy atom. The van der Waals surface area contributed by atoms with Crippen molar-refractivity contribution in [2.24, 2.45) is 0 Å². The Bertz CT molecular complexity index is 1140. The van der Waals surface area contributed by atoms with E-state index < -0.39 is 24.3 Å². The predicted octanol–water partition coefficient (Wildman–Crippen LogP) is 3.52. The van der Waals surface area contributed by atoms with Crippen molar-refractivity contribution in [3.8, 4) is 0 Å². The van der Waals surface area contributed by atoms with E-state index in [1.807, 2.05) is 84.9 Å². The molecule has 0 radical (unpaired) electrons. The van der Waals surface area contributed by atoms with Crippen LogP contribution in [-0.2, 0) is 26.0 Å². The lowest BCUT2D eigenvalue weighted by atomic mass is 9.91. The van der Waals surface area contributed by atoms with Gasteiger partial charge in [-0.25, -0.2) is 4.79 Å². The lowest BCUT2D eigenvalue weighted by Crippen LogP contribution is -2.51. The Morgan fingerprint density at radius 2 is 1.10 bits per heavy atom. The Morgan fingerprint density at radius 3 is 1.62 bits per heavy atom. The SMILES string of the molecule is O=C1N(CCCCCO)[C@H](Cc2ccccc2)[C@H](O)[C@@H](O)[C@@H](Cc2ccccc2)N1Cc1ccc(CO)cc1. The Kier molecular flexibility index (Phi) is 10.5. The molecule has 1 heterocycles. The van der Waals surface area contributed by atoms with Crippen LogP contribution >= 0.6 is 0 Å². The highest BCUT2D eigenvalue weighted by Gasteiger charge is 2.46. The van der Waals surface area contributed by atoms with Crippen molar-refractivity contribution in [3.63, 3.8) is 0 Å². The number of urea groups is 1. The second-order valence-corrected chi connectivity index (χ2v) is 10.4. The highest BCUT2D eigenvalue weighted by atomic mass is 16.3. The molecule has 208 valence electrons. The van der Waals surface area contributed by atoms with E-state index in [0.29, 0.717) is 32.2 Å². The lowest BCUT2D eigenvalue weighted by molar-refractivity contribution is -0.0402. The molecule has 0 spiro atoms. The molecule has 7 nitrogen and oxygen atoms in total. The molecule has 3 aromatic carbocycles. The molecule has 1 fully saturated rings. The van der Waals surface area contributed by atoms with E-state index in [1.54, 1.807) is 9.80 Å². The number of hydrogen-bond donors (Lipinski definition) is 4. The Labute approximate surface area is 231 Å². The summed E-state index contributed by atoms with van der Waals surface area (Å²) < 4.78 is 0. The summed E-state index contributed by atoms with van der Waals surface area (Å²) in [7, 11) is 0. The maximum Gasteiger partial charge on any atom is 0.321 e. The fourth-order valence-corrected chi connectivity index (χ4v) is 5.41. The Hall–Kier alpha value is -3.23. The minimum atomic E-state index is -1.16. The van der Waals surface area contributed by atoms with Crippen LogP contribution < -0.4 is 0 Å². The van der Waals surface area contributed by atoms with Crippen molar-refractivity contribution in [1.82, 2.24) is 9.80 Å². The molecular weight excluding hydrogens is 492 g/mol. The second-order valence-electron chi connectivity index (χ2n) is 10.4. The van der Waals surface area contributed by atoms with Crippen LogP contribution in [0.2, 0.25) is 0 Å². The molecule has 1 aliphatic rings. The van der Waals surface area contributed by atoms with Crippen LogP contribution in [0.3, 0.4) is 0 Å². The van der Waals surface area contributed by atoms with Crippen molar-refractivity contribution in [1.29, 1.82) is 0 Å². The molecule has 7 heteroatoms. The van der Waals surface area contributed by atoms with Crippen LogP contribution in [0.5, 0.6) is 0 Å². The fraction of sp³-hybridized carbons (Fsp3) is 0.406. The molecule has 0 aromatic heterocycles. The van der Waals surface area contributed by atoms with E-state index in [1.165, 1.54) is 0 Å². The molecule has 0 saturated carbocycles. The number of aliphatic hydroxyl groups excluding tert-OH is 4. The first-order chi connectivity index (χ1) is 19.0. The number of rotatable bonds is 12. The summed E-state index contributed by atoms with van der Waals surface area (Å²) in [4.78, 5) is 17.8. The van der Waals surface area contributed by atoms with Gasteiger partial charge in [-0.3, -0.25) is 0 Å². The van der Waals surface area contributed by atoms with E-state index >= 15 is 0 Å². The topological polar surface area (TPSA) is 104 Å². The number of aliphatic hydroxyl groups is 4. The molecule has 0 unspecified atom stereocenters.